The summed E-state index contributed by atoms with van der Waals surface area (Å²) in [6.07, 6.45) is 4.15. The van der Waals surface area contributed by atoms with Gasteiger partial charge in [0.05, 0.1) is 12.9 Å². The first-order valence-corrected chi connectivity index (χ1v) is 11.6. The maximum atomic E-state index is 13.4. The topological polar surface area (TPSA) is 106 Å². The van der Waals surface area contributed by atoms with Gasteiger partial charge in [0.25, 0.3) is 0 Å². The average Bonchev–Trinajstić information content (AvgIpc) is 3.24. The van der Waals surface area contributed by atoms with E-state index in [-0.39, 0.29) is 19.6 Å². The highest BCUT2D eigenvalue weighted by Gasteiger charge is 2.40. The zero-order valence-electron chi connectivity index (χ0n) is 21.3. The predicted octanol–water partition coefficient (Wildman–Crippen LogP) is 3.73. The van der Waals surface area contributed by atoms with Crippen molar-refractivity contribution in [3.05, 3.63) is 48.5 Å². The lowest BCUT2D eigenvalue weighted by atomic mass is 10.1. The Kier molecular flexibility index (Phi) is 7.72. The predicted molar refractivity (Wildman–Crippen MR) is 131 cm³/mol. The van der Waals surface area contributed by atoms with Gasteiger partial charge in [-0.05, 0) is 59.2 Å². The van der Waals surface area contributed by atoms with E-state index in [1.165, 1.54) is 9.80 Å². The van der Waals surface area contributed by atoms with Gasteiger partial charge in [0.15, 0.2) is 0 Å². The standard InChI is InChI=1S/C25H35N5O5/c1-24(2,3)34-22(32)29-12-13-30(23(33)35-25(4,5)6)20(16-29)21(31)27-19-9-7-8-18(14-19)15-28-11-10-26-17-28/h7-11,14,17,20H,12-13,15-16H2,1-6H3,(H,27,31)/t20-/m0/s1. The van der Waals surface area contributed by atoms with Crippen molar-refractivity contribution in [2.45, 2.75) is 65.3 Å². The number of imidazole rings is 1. The summed E-state index contributed by atoms with van der Waals surface area (Å²) in [6.45, 7) is 11.6. The number of ether oxygens (including phenoxy) is 2. The Bertz CT molecular complexity index is 1040. The minimum absolute atomic E-state index is 0.00524. The number of amides is 3. The quantitative estimate of drug-likeness (QED) is 0.707. The second-order valence-electron chi connectivity index (χ2n) is 10.5. The van der Waals surface area contributed by atoms with Crippen LogP contribution in [0.25, 0.3) is 0 Å². The van der Waals surface area contributed by atoms with Gasteiger partial charge < -0.3 is 24.3 Å². The highest BCUT2D eigenvalue weighted by molar-refractivity contribution is 5.97. The van der Waals surface area contributed by atoms with E-state index >= 15 is 0 Å². The van der Waals surface area contributed by atoms with Crippen LogP contribution in [-0.4, -0.2) is 74.3 Å². The van der Waals surface area contributed by atoms with Gasteiger partial charge in [-0.15, -0.1) is 0 Å². The molecule has 2 aromatic rings. The minimum atomic E-state index is -0.941. The van der Waals surface area contributed by atoms with Crippen LogP contribution in [0.4, 0.5) is 15.3 Å². The lowest BCUT2D eigenvalue weighted by Gasteiger charge is -2.41. The van der Waals surface area contributed by atoms with E-state index in [2.05, 4.69) is 10.3 Å². The smallest absolute Gasteiger partial charge is 0.411 e. The van der Waals surface area contributed by atoms with Crippen LogP contribution in [-0.2, 0) is 20.8 Å². The van der Waals surface area contributed by atoms with Gasteiger partial charge in [0, 0.05) is 37.7 Å². The molecule has 1 atom stereocenters. The molecule has 1 aromatic heterocycles. The number of carbonyl (C=O) groups is 3. The number of piperazine rings is 1. The van der Waals surface area contributed by atoms with Crippen molar-refractivity contribution in [1.29, 1.82) is 0 Å². The molecule has 0 unspecified atom stereocenters. The van der Waals surface area contributed by atoms with Crippen LogP contribution in [0.5, 0.6) is 0 Å². The fourth-order valence-electron chi connectivity index (χ4n) is 3.60. The molecule has 1 aliphatic heterocycles. The molecule has 0 spiro atoms. The van der Waals surface area contributed by atoms with E-state index in [1.54, 1.807) is 60.1 Å². The molecular weight excluding hydrogens is 450 g/mol. The summed E-state index contributed by atoms with van der Waals surface area (Å²) in [5, 5.41) is 2.90. The molecule has 3 amide bonds. The van der Waals surface area contributed by atoms with Crippen molar-refractivity contribution < 1.29 is 23.9 Å². The number of rotatable bonds is 4. The highest BCUT2D eigenvalue weighted by atomic mass is 16.6. The van der Waals surface area contributed by atoms with Gasteiger partial charge in [0.1, 0.15) is 17.2 Å². The van der Waals surface area contributed by atoms with Crippen molar-refractivity contribution in [3.8, 4) is 0 Å². The molecule has 1 aliphatic rings. The number of hydrogen-bond donors (Lipinski definition) is 1. The number of hydrogen-bond acceptors (Lipinski definition) is 6. The number of carbonyl (C=O) groups excluding carboxylic acids is 3. The molecule has 35 heavy (non-hydrogen) atoms. The average molecular weight is 486 g/mol. The van der Waals surface area contributed by atoms with Gasteiger partial charge in [-0.25, -0.2) is 14.6 Å². The largest absolute Gasteiger partial charge is 0.444 e. The van der Waals surface area contributed by atoms with E-state index < -0.39 is 35.3 Å². The van der Waals surface area contributed by atoms with Crippen LogP contribution >= 0.6 is 0 Å². The molecule has 0 radical (unpaired) electrons. The Morgan fingerprint density at radius 2 is 1.71 bits per heavy atom. The molecule has 190 valence electrons. The zero-order chi connectivity index (χ0) is 25.8. The van der Waals surface area contributed by atoms with Crippen LogP contribution in [0.3, 0.4) is 0 Å². The summed E-state index contributed by atoms with van der Waals surface area (Å²) in [4.78, 5) is 45.8. The third-order valence-electron chi connectivity index (χ3n) is 5.08. The SMILES string of the molecule is CC(C)(C)OC(=O)N1CCN(C(=O)OC(C)(C)C)[C@H](C(=O)Nc2cccc(Cn3ccnc3)c2)C1. The van der Waals surface area contributed by atoms with Gasteiger partial charge in [-0.3, -0.25) is 9.69 Å². The minimum Gasteiger partial charge on any atom is -0.444 e. The molecule has 1 saturated heterocycles. The second kappa shape index (κ2) is 10.4. The van der Waals surface area contributed by atoms with Crippen molar-refractivity contribution in [2.75, 3.05) is 25.0 Å². The molecule has 3 rings (SSSR count). The third kappa shape index (κ3) is 7.73. The first-order valence-electron chi connectivity index (χ1n) is 11.6. The number of nitrogens with zero attached hydrogens (tertiary/aromatic N) is 4. The molecular formula is C25H35N5O5. The summed E-state index contributed by atoms with van der Waals surface area (Å²) in [5.74, 6) is -0.413. The summed E-state index contributed by atoms with van der Waals surface area (Å²) >= 11 is 0. The van der Waals surface area contributed by atoms with Gasteiger partial charge in [0.2, 0.25) is 5.91 Å². The second-order valence-corrected chi connectivity index (χ2v) is 10.5. The van der Waals surface area contributed by atoms with E-state index in [1.807, 2.05) is 29.0 Å². The normalized spacial score (nSPS) is 16.6. The highest BCUT2D eigenvalue weighted by Crippen LogP contribution is 2.20. The molecule has 1 aromatic carbocycles. The van der Waals surface area contributed by atoms with E-state index in [9.17, 15) is 14.4 Å². The van der Waals surface area contributed by atoms with Crippen LogP contribution in [0.15, 0.2) is 43.0 Å². The summed E-state index contributed by atoms with van der Waals surface area (Å²) in [6, 6.07) is 6.50. The Labute approximate surface area is 206 Å². The van der Waals surface area contributed by atoms with Gasteiger partial charge >= 0.3 is 12.2 Å². The third-order valence-corrected chi connectivity index (χ3v) is 5.08. The number of aromatic nitrogens is 2. The Morgan fingerprint density at radius 3 is 2.34 bits per heavy atom. The maximum Gasteiger partial charge on any atom is 0.411 e. The molecule has 1 N–H and O–H groups in total. The van der Waals surface area contributed by atoms with Crippen molar-refractivity contribution in [2.24, 2.45) is 0 Å². The van der Waals surface area contributed by atoms with Crippen molar-refractivity contribution >= 4 is 23.8 Å². The van der Waals surface area contributed by atoms with E-state index in [0.29, 0.717) is 12.2 Å². The summed E-state index contributed by atoms with van der Waals surface area (Å²) in [7, 11) is 0. The van der Waals surface area contributed by atoms with E-state index in [4.69, 9.17) is 9.47 Å². The summed E-state index contributed by atoms with van der Waals surface area (Å²) < 4.78 is 12.9. The first kappa shape index (κ1) is 26.1. The Balaban J connectivity index is 1.77. The number of benzene rings is 1. The molecule has 2 heterocycles. The van der Waals surface area contributed by atoms with Crippen LogP contribution < -0.4 is 5.32 Å². The molecule has 0 saturated carbocycles. The molecule has 10 heteroatoms. The van der Waals surface area contributed by atoms with Crippen LogP contribution in [0.2, 0.25) is 0 Å². The fraction of sp³-hybridized carbons (Fsp3) is 0.520. The number of nitrogens with one attached hydrogen (secondary N) is 1. The van der Waals surface area contributed by atoms with Gasteiger partial charge in [-0.2, -0.15) is 0 Å². The molecule has 1 fully saturated rings. The summed E-state index contributed by atoms with van der Waals surface area (Å²) in [5.41, 5.74) is 0.171. The molecule has 0 bridgehead atoms. The monoisotopic (exact) mass is 485 g/mol. The maximum absolute atomic E-state index is 13.4. The van der Waals surface area contributed by atoms with Crippen molar-refractivity contribution in [3.63, 3.8) is 0 Å². The Morgan fingerprint density at radius 1 is 1.03 bits per heavy atom. The number of anilines is 1. The lowest BCUT2D eigenvalue weighted by Crippen LogP contribution is -2.61. The van der Waals surface area contributed by atoms with Gasteiger partial charge in [-0.1, -0.05) is 12.1 Å². The van der Waals surface area contributed by atoms with Crippen LogP contribution in [0, 0.1) is 0 Å². The van der Waals surface area contributed by atoms with E-state index in [0.717, 1.165) is 5.56 Å². The van der Waals surface area contributed by atoms with Crippen LogP contribution in [0.1, 0.15) is 47.1 Å². The first-order chi connectivity index (χ1) is 16.3. The fourth-order valence-corrected chi connectivity index (χ4v) is 3.60. The Hall–Kier alpha value is -3.56. The lowest BCUT2D eigenvalue weighted by molar-refractivity contribution is -0.123. The molecule has 0 aliphatic carbocycles. The molecule has 10 nitrogen and oxygen atoms in total. The zero-order valence-corrected chi connectivity index (χ0v) is 21.3. The van der Waals surface area contributed by atoms with Crippen molar-refractivity contribution in [1.82, 2.24) is 19.4 Å².